The van der Waals surface area contributed by atoms with Gasteiger partial charge in [0, 0.05) is 68.0 Å². The minimum Gasteiger partial charge on any atom is -0.508 e. The number of piperidine rings is 1. The van der Waals surface area contributed by atoms with Crippen molar-refractivity contribution >= 4 is 68.0 Å². The largest absolute Gasteiger partial charge is 0.508 e. The number of piperazine rings is 1. The maximum Gasteiger partial charge on any atom is 0.319 e. The number of halogens is 2. The number of ether oxygens (including phenoxy) is 2. The number of aryl methyl sites for hydroxylation is 1. The highest BCUT2D eigenvalue weighted by atomic mass is 35.5. The van der Waals surface area contributed by atoms with Crippen molar-refractivity contribution in [3.8, 4) is 45.3 Å². The first-order chi connectivity index (χ1) is 39.4. The van der Waals surface area contributed by atoms with Crippen LogP contribution in [0.25, 0.3) is 43.2 Å². The highest BCUT2D eigenvalue weighted by Gasteiger charge is 2.44. The fourth-order valence-corrected chi connectivity index (χ4v) is 12.9. The Bertz CT molecular complexity index is 3560. The molecule has 428 valence electrons. The number of ketones is 1. The molecule has 3 aliphatic rings. The summed E-state index contributed by atoms with van der Waals surface area (Å²) in [6.45, 7) is 17.0. The number of aromatic hydroxyl groups is 1. The number of aliphatic hydroxyl groups is 1. The van der Waals surface area contributed by atoms with Crippen LogP contribution in [0.3, 0.4) is 0 Å². The number of amides is 2. The van der Waals surface area contributed by atoms with Crippen molar-refractivity contribution in [2.24, 2.45) is 11.3 Å². The van der Waals surface area contributed by atoms with Crippen LogP contribution in [0, 0.1) is 35.4 Å². The van der Waals surface area contributed by atoms with Gasteiger partial charge in [0.25, 0.3) is 5.88 Å². The molecule has 2 N–H and O–H groups in total. The van der Waals surface area contributed by atoms with Crippen LogP contribution in [-0.4, -0.2) is 140 Å². The van der Waals surface area contributed by atoms with E-state index in [1.54, 1.807) is 34.4 Å². The zero-order chi connectivity index (χ0) is 58.0. The maximum absolute atomic E-state index is 17.3. The lowest BCUT2D eigenvalue weighted by Crippen LogP contribution is -2.55. The second kappa shape index (κ2) is 24.5. The Hall–Kier alpha value is -7.50. The first kappa shape index (κ1) is 57.7. The molecule has 0 unspecified atom stereocenters. The molecule has 3 aromatic heterocycles. The molecule has 3 saturated heterocycles. The summed E-state index contributed by atoms with van der Waals surface area (Å²) >= 11 is 8.56. The number of benzene rings is 4. The van der Waals surface area contributed by atoms with E-state index in [9.17, 15) is 29.9 Å². The molecule has 0 bridgehead atoms. The van der Waals surface area contributed by atoms with Gasteiger partial charge in [-0.2, -0.15) is 15.2 Å². The van der Waals surface area contributed by atoms with Crippen molar-refractivity contribution < 1.29 is 43.0 Å². The predicted molar refractivity (Wildman–Crippen MR) is 313 cm³/mol. The highest BCUT2D eigenvalue weighted by Crippen LogP contribution is 2.43. The van der Waals surface area contributed by atoms with Crippen molar-refractivity contribution in [3.63, 3.8) is 0 Å². The summed E-state index contributed by atoms with van der Waals surface area (Å²) < 4.78 is 35.7. The van der Waals surface area contributed by atoms with E-state index in [1.807, 2.05) is 74.5 Å². The number of rotatable bonds is 19. The molecule has 0 radical (unpaired) electrons. The third-order valence-electron chi connectivity index (χ3n) is 16.5. The number of nitrogens with zero attached hydrogens (tertiary/aromatic N) is 9. The molecular formula is C62H67ClFN9O8S. The van der Waals surface area contributed by atoms with Crippen LogP contribution in [0.5, 0.6) is 17.6 Å². The molecular weight excluding hydrogens is 1090 g/mol. The molecule has 20 heteroatoms. The number of fused-ring (bicyclic) bond motifs is 2. The molecule has 4 aromatic carbocycles. The van der Waals surface area contributed by atoms with Gasteiger partial charge >= 0.3 is 6.01 Å². The van der Waals surface area contributed by atoms with Gasteiger partial charge in [-0.25, -0.2) is 9.37 Å². The summed E-state index contributed by atoms with van der Waals surface area (Å²) in [6.07, 6.45) is 2.41. The summed E-state index contributed by atoms with van der Waals surface area (Å²) in [5.41, 5.74) is 5.08. The van der Waals surface area contributed by atoms with E-state index in [0.717, 1.165) is 47.6 Å². The Balaban J connectivity index is 0.775. The molecule has 7 aromatic rings. The molecule has 0 spiro atoms. The highest BCUT2D eigenvalue weighted by molar-refractivity contribution is 7.13. The Morgan fingerprint density at radius 3 is 2.49 bits per heavy atom. The topological polar surface area (TPSA) is 212 Å². The van der Waals surface area contributed by atoms with Crippen LogP contribution >= 0.6 is 22.9 Å². The van der Waals surface area contributed by atoms with Crippen LogP contribution in [0.1, 0.15) is 88.7 Å². The lowest BCUT2D eigenvalue weighted by atomic mass is 9.81. The van der Waals surface area contributed by atoms with Crippen molar-refractivity contribution in [1.29, 1.82) is 5.26 Å². The molecule has 82 heavy (non-hydrogen) atoms. The van der Waals surface area contributed by atoms with Crippen LogP contribution < -0.4 is 14.4 Å². The number of hydrogen-bond donors (Lipinski definition) is 2. The van der Waals surface area contributed by atoms with Gasteiger partial charge in [-0.1, -0.05) is 94.4 Å². The van der Waals surface area contributed by atoms with E-state index < -0.39 is 29.9 Å². The van der Waals surface area contributed by atoms with Gasteiger partial charge < -0.3 is 38.9 Å². The lowest BCUT2D eigenvalue weighted by molar-refractivity contribution is -0.140. The first-order valence-corrected chi connectivity index (χ1v) is 29.1. The van der Waals surface area contributed by atoms with Crippen LogP contribution in [0.2, 0.25) is 5.02 Å². The van der Waals surface area contributed by atoms with Crippen molar-refractivity contribution in [2.75, 3.05) is 63.9 Å². The van der Waals surface area contributed by atoms with Crippen LogP contribution in [-0.2, 0) is 14.4 Å². The second-order valence-corrected chi connectivity index (χ2v) is 23.9. The maximum atomic E-state index is 17.3. The predicted octanol–water partition coefficient (Wildman–Crippen LogP) is 10.5. The normalized spacial score (nSPS) is 19.1. The standard InChI is InChI=1S/C62H67ClFN9O8S/c1-7-53(77)72-23-22-71(32-42(72)16-19-65)59-47-30-48(63)55(46-28-43(74)27-41-10-8-9-11-45(41)46)56(64)57(47)67-61(68-59)79-25-24-70-20-17-62(6,18-21-70)34-80-52-31-51(81-69-52)54(36(2)3)60(78)73-33-44(75)29-49(73)50(76)26-37(4)39-12-14-40(15-13-39)58-38(5)66-35-82-58/h7-15,27-28,30-31,35-37,42,44,49,54,74-75H,1,16-18,20-26,29,32-34H2,2-6H3/t37-,42+,44-,49+,54-/m1/s1. The van der Waals surface area contributed by atoms with Gasteiger partial charge in [0.05, 0.1) is 58.4 Å². The van der Waals surface area contributed by atoms with E-state index in [-0.39, 0.29) is 114 Å². The number of hydrogen-bond acceptors (Lipinski definition) is 16. The van der Waals surface area contributed by atoms with Crippen LogP contribution in [0.15, 0.2) is 95.5 Å². The van der Waals surface area contributed by atoms with Crippen molar-refractivity contribution in [1.82, 2.24) is 34.8 Å². The van der Waals surface area contributed by atoms with Gasteiger partial charge in [-0.05, 0) is 102 Å². The third kappa shape index (κ3) is 12.2. The molecule has 5 atom stereocenters. The molecule has 3 fully saturated rings. The smallest absolute Gasteiger partial charge is 0.319 e. The number of likely N-dealkylation sites (tertiary alicyclic amines) is 2. The van der Waals surface area contributed by atoms with E-state index in [2.05, 4.69) is 51.7 Å². The van der Waals surface area contributed by atoms with Crippen LogP contribution in [0.4, 0.5) is 10.2 Å². The number of aliphatic hydroxyl groups excluding tert-OH is 1. The number of Topliss-reactive ketones (excluding diaryl/α,β-unsaturated/α-hetero) is 1. The fourth-order valence-electron chi connectivity index (χ4n) is 11.8. The number of thiazole rings is 1. The second-order valence-electron chi connectivity index (χ2n) is 22.6. The number of nitriles is 1. The van der Waals surface area contributed by atoms with E-state index in [1.165, 1.54) is 17.0 Å². The van der Waals surface area contributed by atoms with E-state index in [0.29, 0.717) is 53.0 Å². The summed E-state index contributed by atoms with van der Waals surface area (Å²) in [4.78, 5) is 63.4. The van der Waals surface area contributed by atoms with E-state index >= 15 is 4.39 Å². The monoisotopic (exact) mass is 1150 g/mol. The summed E-state index contributed by atoms with van der Waals surface area (Å²) in [5.74, 6) is -1.61. The summed E-state index contributed by atoms with van der Waals surface area (Å²) in [5, 5.41) is 37.3. The molecule has 3 aliphatic heterocycles. The molecule has 17 nitrogen and oxygen atoms in total. The number of carbonyl (C=O) groups is 3. The minimum absolute atomic E-state index is 0.0401. The van der Waals surface area contributed by atoms with Gasteiger partial charge in [-0.15, -0.1) is 11.3 Å². The SMILES string of the molecule is C=CC(=O)N1CCN(c2nc(OCCN3CCC(C)(COc4cc([C@H](C(=O)N5C[C@H](O)C[C@H]5C(=O)C[C@@H](C)c5ccc(-c6scnc6C)cc5)C(C)C)on4)CC3)nc3c(F)c(-c4cc(O)cc5ccccc45)c(Cl)cc23)C[C@@H]1CC#N. The number of carbonyl (C=O) groups excluding carboxylic acids is 3. The Kier molecular flexibility index (Phi) is 17.3. The summed E-state index contributed by atoms with van der Waals surface area (Å²) in [6, 6.07) is 22.7. The Morgan fingerprint density at radius 1 is 1.00 bits per heavy atom. The van der Waals surface area contributed by atoms with Gasteiger partial charge in [0.15, 0.2) is 17.4 Å². The number of phenolic OH excluding ortho intramolecular Hbond substituents is 1. The fraction of sp³-hybridized carbons (Fsp3) is 0.419. The van der Waals surface area contributed by atoms with Gasteiger partial charge in [-0.3, -0.25) is 19.3 Å². The molecule has 2 amide bonds. The minimum atomic E-state index is -0.829. The molecule has 6 heterocycles. The van der Waals surface area contributed by atoms with Gasteiger partial charge in [0.1, 0.15) is 29.6 Å². The van der Waals surface area contributed by atoms with Crippen molar-refractivity contribution in [2.45, 2.75) is 96.7 Å². The summed E-state index contributed by atoms with van der Waals surface area (Å²) in [7, 11) is 0. The zero-order valence-corrected chi connectivity index (χ0v) is 48.3. The van der Waals surface area contributed by atoms with Crippen molar-refractivity contribution in [3.05, 3.63) is 119 Å². The Morgan fingerprint density at radius 2 is 1.77 bits per heavy atom. The molecule has 10 rings (SSSR count). The Labute approximate surface area is 484 Å². The molecule has 0 aliphatic carbocycles. The average molecular weight is 1150 g/mol. The van der Waals surface area contributed by atoms with E-state index in [4.69, 9.17) is 30.6 Å². The number of phenols is 1. The molecule has 0 saturated carbocycles. The third-order valence-corrected chi connectivity index (χ3v) is 17.7. The first-order valence-electron chi connectivity index (χ1n) is 27.9. The number of aromatic nitrogens is 4. The zero-order valence-electron chi connectivity index (χ0n) is 46.7. The number of anilines is 1. The van der Waals surface area contributed by atoms with Gasteiger partial charge in [0.2, 0.25) is 11.8 Å². The quantitative estimate of drug-likeness (QED) is 0.0721. The average Bonchev–Trinajstić information content (AvgIpc) is 3.19. The lowest BCUT2D eigenvalue weighted by Gasteiger charge is -2.41. The number of β-amino-alcohol motifs (C(OH)–C–C–N with tert-alkyl or cyclic N) is 1.